The molecule has 1 aromatic carbocycles. The summed E-state index contributed by atoms with van der Waals surface area (Å²) in [6, 6.07) is 5.95. The standard InChI is InChI=1S/C18H24N2O3/c1-23-16-12-14(2-3-15(16)19)13-4-6-18(7-5-13)8-10-20(11-9-18)17(21)22/h2-4,12H,5-11,19H2,1H3,(H,21,22). The van der Waals surface area contributed by atoms with Crippen LogP contribution in [0.1, 0.15) is 37.7 Å². The predicted octanol–water partition coefficient (Wildman–Crippen LogP) is 3.60. The smallest absolute Gasteiger partial charge is 0.407 e. The maximum atomic E-state index is 11.0. The molecule has 1 fully saturated rings. The highest BCUT2D eigenvalue weighted by molar-refractivity contribution is 5.71. The number of nitrogen functional groups attached to an aromatic ring is 1. The number of allylic oxidation sites excluding steroid dienone is 2. The third-order valence-corrected chi connectivity index (χ3v) is 5.41. The summed E-state index contributed by atoms with van der Waals surface area (Å²) in [5.74, 6) is 0.721. The number of piperidine rings is 1. The number of hydrogen-bond donors (Lipinski definition) is 2. The van der Waals surface area contributed by atoms with Gasteiger partial charge in [-0.1, -0.05) is 12.1 Å². The minimum Gasteiger partial charge on any atom is -0.495 e. The van der Waals surface area contributed by atoms with E-state index in [1.807, 2.05) is 12.1 Å². The van der Waals surface area contributed by atoms with Crippen LogP contribution in [0.15, 0.2) is 24.3 Å². The van der Waals surface area contributed by atoms with Crippen molar-refractivity contribution in [1.82, 2.24) is 4.90 Å². The van der Waals surface area contributed by atoms with Gasteiger partial charge < -0.3 is 20.5 Å². The SMILES string of the molecule is COc1cc(C2=CCC3(CC2)CCN(C(=O)O)CC3)ccc1N. The number of carboxylic acid groups (broad SMARTS) is 1. The Hall–Kier alpha value is -2.17. The first-order valence-electron chi connectivity index (χ1n) is 8.14. The summed E-state index contributed by atoms with van der Waals surface area (Å²) in [4.78, 5) is 12.6. The van der Waals surface area contributed by atoms with Crippen LogP contribution in [-0.2, 0) is 0 Å². The lowest BCUT2D eigenvalue weighted by atomic mass is 9.68. The second-order valence-corrected chi connectivity index (χ2v) is 6.66. The molecule has 1 aromatic rings. The fourth-order valence-corrected chi connectivity index (χ4v) is 3.74. The van der Waals surface area contributed by atoms with E-state index < -0.39 is 6.09 Å². The molecule has 1 amide bonds. The van der Waals surface area contributed by atoms with Crippen LogP contribution in [0.25, 0.3) is 5.57 Å². The van der Waals surface area contributed by atoms with E-state index in [2.05, 4.69) is 12.1 Å². The molecule has 0 bridgehead atoms. The summed E-state index contributed by atoms with van der Waals surface area (Å²) >= 11 is 0. The molecule has 1 spiro atoms. The second kappa shape index (κ2) is 6.14. The second-order valence-electron chi connectivity index (χ2n) is 6.66. The van der Waals surface area contributed by atoms with Crippen LogP contribution in [0.2, 0.25) is 0 Å². The molecule has 124 valence electrons. The van der Waals surface area contributed by atoms with Crippen LogP contribution in [0.4, 0.5) is 10.5 Å². The van der Waals surface area contributed by atoms with Gasteiger partial charge in [0.05, 0.1) is 12.8 Å². The fraction of sp³-hybridized carbons (Fsp3) is 0.500. The van der Waals surface area contributed by atoms with Crippen molar-refractivity contribution in [3.05, 3.63) is 29.8 Å². The van der Waals surface area contributed by atoms with Gasteiger partial charge in [-0.2, -0.15) is 0 Å². The monoisotopic (exact) mass is 316 g/mol. The fourth-order valence-electron chi connectivity index (χ4n) is 3.74. The Kier molecular flexibility index (Phi) is 4.20. The lowest BCUT2D eigenvalue weighted by Gasteiger charge is -2.43. The molecule has 5 nitrogen and oxygen atoms in total. The molecule has 1 aliphatic heterocycles. The number of benzene rings is 1. The quantitative estimate of drug-likeness (QED) is 0.817. The normalized spacial score (nSPS) is 20.2. The van der Waals surface area contributed by atoms with E-state index in [-0.39, 0.29) is 5.41 Å². The highest BCUT2D eigenvalue weighted by Crippen LogP contribution is 2.46. The Morgan fingerprint density at radius 3 is 2.61 bits per heavy atom. The average molecular weight is 316 g/mol. The number of anilines is 1. The molecule has 1 aliphatic carbocycles. The lowest BCUT2D eigenvalue weighted by molar-refractivity contribution is 0.0842. The molecule has 0 atom stereocenters. The van der Waals surface area contributed by atoms with Gasteiger partial charge in [0.15, 0.2) is 0 Å². The molecule has 0 saturated carbocycles. The van der Waals surface area contributed by atoms with Crippen molar-refractivity contribution in [2.45, 2.75) is 32.1 Å². The Morgan fingerprint density at radius 2 is 2.04 bits per heavy atom. The number of likely N-dealkylation sites (tertiary alicyclic amines) is 1. The van der Waals surface area contributed by atoms with Crippen LogP contribution in [0, 0.1) is 5.41 Å². The van der Waals surface area contributed by atoms with Gasteiger partial charge >= 0.3 is 6.09 Å². The van der Waals surface area contributed by atoms with E-state index in [4.69, 9.17) is 15.6 Å². The Labute approximate surface area is 136 Å². The first-order chi connectivity index (χ1) is 11.0. The molecule has 3 N–H and O–H groups in total. The maximum absolute atomic E-state index is 11.0. The number of nitrogens with two attached hydrogens (primary N) is 1. The Bertz CT molecular complexity index is 631. The number of rotatable bonds is 2. The average Bonchev–Trinajstić information content (AvgIpc) is 2.57. The van der Waals surface area contributed by atoms with Crippen LogP contribution < -0.4 is 10.5 Å². The van der Waals surface area contributed by atoms with Gasteiger partial charge in [0, 0.05) is 13.1 Å². The topological polar surface area (TPSA) is 75.8 Å². The summed E-state index contributed by atoms with van der Waals surface area (Å²) in [7, 11) is 1.63. The zero-order valence-electron chi connectivity index (χ0n) is 13.5. The highest BCUT2D eigenvalue weighted by atomic mass is 16.5. The summed E-state index contributed by atoms with van der Waals surface area (Å²) < 4.78 is 5.31. The van der Waals surface area contributed by atoms with Crippen LogP contribution in [0.5, 0.6) is 5.75 Å². The van der Waals surface area contributed by atoms with Gasteiger partial charge in [-0.15, -0.1) is 0 Å². The van der Waals surface area contributed by atoms with Gasteiger partial charge in [0.2, 0.25) is 0 Å². The van der Waals surface area contributed by atoms with Crippen LogP contribution in [0.3, 0.4) is 0 Å². The molecule has 23 heavy (non-hydrogen) atoms. The van der Waals surface area contributed by atoms with E-state index in [0.717, 1.165) is 37.9 Å². The zero-order valence-corrected chi connectivity index (χ0v) is 13.5. The molecule has 1 heterocycles. The van der Waals surface area contributed by atoms with E-state index in [1.54, 1.807) is 7.11 Å². The highest BCUT2D eigenvalue weighted by Gasteiger charge is 2.36. The number of carbonyl (C=O) groups is 1. The van der Waals surface area contributed by atoms with Crippen molar-refractivity contribution in [3.63, 3.8) is 0 Å². The molecule has 5 heteroatoms. The maximum Gasteiger partial charge on any atom is 0.407 e. The van der Waals surface area contributed by atoms with Crippen molar-refractivity contribution in [1.29, 1.82) is 0 Å². The van der Waals surface area contributed by atoms with Crippen molar-refractivity contribution < 1.29 is 14.6 Å². The number of hydrogen-bond acceptors (Lipinski definition) is 3. The number of nitrogens with zero attached hydrogens (tertiary/aromatic N) is 1. The summed E-state index contributed by atoms with van der Waals surface area (Å²) in [6.45, 7) is 1.32. The van der Waals surface area contributed by atoms with E-state index in [9.17, 15) is 4.79 Å². The van der Waals surface area contributed by atoms with Crippen molar-refractivity contribution >= 4 is 17.4 Å². The third-order valence-electron chi connectivity index (χ3n) is 5.41. The first kappa shape index (κ1) is 15.7. The third kappa shape index (κ3) is 3.14. The Balaban J connectivity index is 1.70. The lowest BCUT2D eigenvalue weighted by Crippen LogP contribution is -2.43. The number of amides is 1. The van der Waals surface area contributed by atoms with Gasteiger partial charge in [-0.05, 0) is 60.8 Å². The summed E-state index contributed by atoms with van der Waals surface area (Å²) in [6.07, 6.45) is 6.65. The molecule has 0 unspecified atom stereocenters. The molecule has 0 aromatic heterocycles. The molecular weight excluding hydrogens is 292 g/mol. The molecule has 2 aliphatic rings. The zero-order chi connectivity index (χ0) is 16.4. The van der Waals surface area contributed by atoms with Crippen LogP contribution in [-0.4, -0.2) is 36.3 Å². The van der Waals surface area contributed by atoms with Crippen LogP contribution >= 0.6 is 0 Å². The van der Waals surface area contributed by atoms with E-state index in [0.29, 0.717) is 18.8 Å². The van der Waals surface area contributed by atoms with Gasteiger partial charge in [-0.25, -0.2) is 4.79 Å². The van der Waals surface area contributed by atoms with Gasteiger partial charge in [0.25, 0.3) is 0 Å². The van der Waals surface area contributed by atoms with Gasteiger partial charge in [0.1, 0.15) is 5.75 Å². The molecular formula is C18H24N2O3. The first-order valence-corrected chi connectivity index (χ1v) is 8.14. The van der Waals surface area contributed by atoms with Crippen molar-refractivity contribution in [2.75, 3.05) is 25.9 Å². The Morgan fingerprint density at radius 1 is 1.30 bits per heavy atom. The number of ether oxygens (including phenoxy) is 1. The summed E-state index contributed by atoms with van der Waals surface area (Å²) in [5.41, 5.74) is 9.34. The molecule has 1 saturated heterocycles. The molecule has 0 radical (unpaired) electrons. The predicted molar refractivity (Wildman–Crippen MR) is 90.5 cm³/mol. The molecule has 3 rings (SSSR count). The van der Waals surface area contributed by atoms with Crippen molar-refractivity contribution in [2.24, 2.45) is 5.41 Å². The largest absolute Gasteiger partial charge is 0.495 e. The van der Waals surface area contributed by atoms with E-state index in [1.165, 1.54) is 16.0 Å². The van der Waals surface area contributed by atoms with E-state index >= 15 is 0 Å². The van der Waals surface area contributed by atoms with Crippen molar-refractivity contribution in [3.8, 4) is 5.75 Å². The summed E-state index contributed by atoms with van der Waals surface area (Å²) in [5, 5.41) is 9.08. The number of methoxy groups -OCH3 is 1. The minimum atomic E-state index is -0.791. The minimum absolute atomic E-state index is 0.285. The van der Waals surface area contributed by atoms with Gasteiger partial charge in [-0.3, -0.25) is 0 Å².